The van der Waals surface area contributed by atoms with E-state index in [1.807, 2.05) is 12.1 Å². The van der Waals surface area contributed by atoms with E-state index in [4.69, 9.17) is 22.1 Å². The van der Waals surface area contributed by atoms with Crippen molar-refractivity contribution in [3.8, 4) is 0 Å². The molecule has 0 aliphatic heterocycles. The van der Waals surface area contributed by atoms with E-state index in [1.165, 1.54) is 0 Å². The Labute approximate surface area is 112 Å². The van der Waals surface area contributed by atoms with Crippen LogP contribution in [0.1, 0.15) is 31.2 Å². The second-order valence-electron chi connectivity index (χ2n) is 4.85. The highest BCUT2D eigenvalue weighted by molar-refractivity contribution is 6.30. The van der Waals surface area contributed by atoms with Gasteiger partial charge in [0.15, 0.2) is 0 Å². The van der Waals surface area contributed by atoms with Gasteiger partial charge in [-0.1, -0.05) is 23.7 Å². The summed E-state index contributed by atoms with van der Waals surface area (Å²) in [5, 5.41) is 0.686. The van der Waals surface area contributed by atoms with Crippen molar-refractivity contribution in [3.63, 3.8) is 0 Å². The second-order valence-corrected chi connectivity index (χ2v) is 5.28. The van der Waals surface area contributed by atoms with Gasteiger partial charge < -0.3 is 10.5 Å². The van der Waals surface area contributed by atoms with E-state index >= 15 is 0 Å². The Kier molecular flexibility index (Phi) is 4.61. The fraction of sp³-hybridized carbons (Fsp3) is 0.500. The Balaban J connectivity index is 1.79. The number of esters is 1. The zero-order valence-corrected chi connectivity index (χ0v) is 11.0. The van der Waals surface area contributed by atoms with Crippen LogP contribution in [0.25, 0.3) is 0 Å². The van der Waals surface area contributed by atoms with E-state index in [0.717, 1.165) is 31.2 Å². The van der Waals surface area contributed by atoms with E-state index in [2.05, 4.69) is 0 Å². The van der Waals surface area contributed by atoms with Crippen molar-refractivity contribution in [1.82, 2.24) is 0 Å². The molecule has 1 aromatic carbocycles. The van der Waals surface area contributed by atoms with Crippen LogP contribution in [0.15, 0.2) is 24.3 Å². The molecule has 1 aromatic rings. The molecular formula is C14H18ClNO2. The highest BCUT2D eigenvalue weighted by atomic mass is 35.5. The van der Waals surface area contributed by atoms with E-state index in [1.54, 1.807) is 12.1 Å². The first-order valence-electron chi connectivity index (χ1n) is 6.32. The molecule has 0 aromatic heterocycles. The average Bonchev–Trinajstić information content (AvgIpc) is 2.38. The number of hydrogen-bond acceptors (Lipinski definition) is 3. The van der Waals surface area contributed by atoms with Crippen LogP contribution < -0.4 is 5.73 Å². The predicted octanol–water partition coefficient (Wildman–Crippen LogP) is 2.90. The summed E-state index contributed by atoms with van der Waals surface area (Å²) in [5.74, 6) is -0.0750. The largest absolute Gasteiger partial charge is 0.461 e. The maximum absolute atomic E-state index is 11.9. The van der Waals surface area contributed by atoms with Crippen molar-refractivity contribution in [1.29, 1.82) is 0 Å². The van der Waals surface area contributed by atoms with Gasteiger partial charge >= 0.3 is 5.97 Å². The molecule has 18 heavy (non-hydrogen) atoms. The minimum atomic E-state index is -0.100. The van der Waals surface area contributed by atoms with Crippen molar-refractivity contribution >= 4 is 17.6 Å². The van der Waals surface area contributed by atoms with Crippen LogP contribution in [0.5, 0.6) is 0 Å². The van der Waals surface area contributed by atoms with Gasteiger partial charge in [-0.05, 0) is 43.4 Å². The molecule has 0 amide bonds. The summed E-state index contributed by atoms with van der Waals surface area (Å²) in [7, 11) is 0. The Morgan fingerprint density at radius 3 is 2.44 bits per heavy atom. The summed E-state index contributed by atoms with van der Waals surface area (Å²) in [5.41, 5.74) is 6.77. The van der Waals surface area contributed by atoms with Crippen molar-refractivity contribution in [2.45, 2.75) is 38.3 Å². The van der Waals surface area contributed by atoms with Crippen LogP contribution in [-0.2, 0) is 16.1 Å². The fourth-order valence-electron chi connectivity index (χ4n) is 2.21. The summed E-state index contributed by atoms with van der Waals surface area (Å²) < 4.78 is 5.32. The van der Waals surface area contributed by atoms with Crippen LogP contribution in [-0.4, -0.2) is 12.0 Å². The van der Waals surface area contributed by atoms with E-state index in [9.17, 15) is 4.79 Å². The number of carbonyl (C=O) groups excluding carboxylic acids is 1. The molecule has 0 bridgehead atoms. The van der Waals surface area contributed by atoms with Crippen LogP contribution in [0.3, 0.4) is 0 Å². The third-order valence-electron chi connectivity index (χ3n) is 3.40. The molecular weight excluding hydrogens is 250 g/mol. The van der Waals surface area contributed by atoms with Gasteiger partial charge in [-0.2, -0.15) is 0 Å². The summed E-state index contributed by atoms with van der Waals surface area (Å²) in [6, 6.07) is 7.58. The van der Waals surface area contributed by atoms with E-state index < -0.39 is 0 Å². The number of rotatable bonds is 3. The molecule has 1 saturated carbocycles. The van der Waals surface area contributed by atoms with Crippen LogP contribution in [0.4, 0.5) is 0 Å². The minimum Gasteiger partial charge on any atom is -0.461 e. The van der Waals surface area contributed by atoms with E-state index in [-0.39, 0.29) is 17.9 Å². The quantitative estimate of drug-likeness (QED) is 0.857. The molecule has 1 aliphatic carbocycles. The van der Waals surface area contributed by atoms with Crippen LogP contribution in [0, 0.1) is 5.92 Å². The monoisotopic (exact) mass is 267 g/mol. The molecule has 0 atom stereocenters. The first kappa shape index (κ1) is 13.4. The lowest BCUT2D eigenvalue weighted by Gasteiger charge is -2.24. The smallest absolute Gasteiger partial charge is 0.309 e. The van der Waals surface area contributed by atoms with Crippen molar-refractivity contribution in [2.75, 3.05) is 0 Å². The van der Waals surface area contributed by atoms with Crippen LogP contribution in [0.2, 0.25) is 5.02 Å². The summed E-state index contributed by atoms with van der Waals surface area (Å²) >= 11 is 5.79. The molecule has 98 valence electrons. The predicted molar refractivity (Wildman–Crippen MR) is 71.2 cm³/mol. The maximum atomic E-state index is 11.9. The number of ether oxygens (including phenoxy) is 1. The first-order valence-corrected chi connectivity index (χ1v) is 6.69. The molecule has 0 saturated heterocycles. The molecule has 1 aliphatic rings. The summed E-state index contributed by atoms with van der Waals surface area (Å²) in [4.78, 5) is 11.9. The Morgan fingerprint density at radius 2 is 1.83 bits per heavy atom. The van der Waals surface area contributed by atoms with Crippen molar-refractivity contribution in [2.24, 2.45) is 11.7 Å². The Morgan fingerprint density at radius 1 is 1.22 bits per heavy atom. The van der Waals surface area contributed by atoms with Gasteiger partial charge in [-0.3, -0.25) is 4.79 Å². The Bertz CT molecular complexity index is 397. The first-order chi connectivity index (χ1) is 8.65. The van der Waals surface area contributed by atoms with Gasteiger partial charge in [0, 0.05) is 11.1 Å². The molecule has 0 unspecified atom stereocenters. The standard InChI is InChI=1S/C14H18ClNO2/c15-12-5-1-10(2-6-12)9-18-14(17)11-3-7-13(16)8-4-11/h1-2,5-6,11,13H,3-4,7-9,16H2. The zero-order chi connectivity index (χ0) is 13.0. The number of nitrogens with two attached hydrogens (primary N) is 1. The Hall–Kier alpha value is -1.06. The minimum absolute atomic E-state index is 0.0251. The second kappa shape index (κ2) is 6.21. The van der Waals surface area contributed by atoms with Gasteiger partial charge in [0.1, 0.15) is 6.61 Å². The lowest BCUT2D eigenvalue weighted by Crippen LogP contribution is -2.30. The highest BCUT2D eigenvalue weighted by Crippen LogP contribution is 2.24. The number of benzene rings is 1. The SMILES string of the molecule is NC1CCC(C(=O)OCc2ccc(Cl)cc2)CC1. The molecule has 1 fully saturated rings. The molecule has 2 rings (SSSR count). The van der Waals surface area contributed by atoms with Gasteiger partial charge in [-0.25, -0.2) is 0 Å². The van der Waals surface area contributed by atoms with Crippen LogP contribution >= 0.6 is 11.6 Å². The third-order valence-corrected chi connectivity index (χ3v) is 3.65. The summed E-state index contributed by atoms with van der Waals surface area (Å²) in [6.07, 6.45) is 3.53. The third kappa shape index (κ3) is 3.72. The summed E-state index contributed by atoms with van der Waals surface area (Å²) in [6.45, 7) is 0.318. The maximum Gasteiger partial charge on any atom is 0.309 e. The molecule has 0 radical (unpaired) electrons. The fourth-order valence-corrected chi connectivity index (χ4v) is 2.33. The normalized spacial score (nSPS) is 23.7. The molecule has 4 heteroatoms. The number of carbonyl (C=O) groups is 1. The van der Waals surface area contributed by atoms with Gasteiger partial charge in [-0.15, -0.1) is 0 Å². The zero-order valence-electron chi connectivity index (χ0n) is 10.3. The molecule has 2 N–H and O–H groups in total. The topological polar surface area (TPSA) is 52.3 Å². The van der Waals surface area contributed by atoms with Gasteiger partial charge in [0.2, 0.25) is 0 Å². The molecule has 0 spiro atoms. The van der Waals surface area contributed by atoms with Crippen molar-refractivity contribution < 1.29 is 9.53 Å². The molecule has 3 nitrogen and oxygen atoms in total. The van der Waals surface area contributed by atoms with Crippen molar-refractivity contribution in [3.05, 3.63) is 34.9 Å². The van der Waals surface area contributed by atoms with Gasteiger partial charge in [0.05, 0.1) is 5.92 Å². The van der Waals surface area contributed by atoms with E-state index in [0.29, 0.717) is 11.6 Å². The highest BCUT2D eigenvalue weighted by Gasteiger charge is 2.25. The van der Waals surface area contributed by atoms with Gasteiger partial charge in [0.25, 0.3) is 0 Å². The number of hydrogen-bond donors (Lipinski definition) is 1. The lowest BCUT2D eigenvalue weighted by atomic mass is 9.86. The number of halogens is 1. The molecule has 0 heterocycles. The average molecular weight is 268 g/mol. The lowest BCUT2D eigenvalue weighted by molar-refractivity contribution is -0.151.